The summed E-state index contributed by atoms with van der Waals surface area (Å²) in [6.07, 6.45) is 8.09. The summed E-state index contributed by atoms with van der Waals surface area (Å²) >= 11 is 5.86. The van der Waals surface area contributed by atoms with Crippen LogP contribution in [0.2, 0.25) is 5.02 Å². The van der Waals surface area contributed by atoms with Crippen molar-refractivity contribution in [3.8, 4) is 23.2 Å². The zero-order valence-corrected chi connectivity index (χ0v) is 12.3. The Kier molecular flexibility index (Phi) is 5.58. The van der Waals surface area contributed by atoms with Gasteiger partial charge in [0, 0.05) is 29.4 Å². The SMILES string of the molecule is CCCCCC#Cc1cnc(-c2ccc(Cl)cc2)nc1. The molecule has 0 radical (unpaired) electrons. The third kappa shape index (κ3) is 4.36. The van der Waals surface area contributed by atoms with Gasteiger partial charge in [-0.05, 0) is 30.7 Å². The number of benzene rings is 1. The topological polar surface area (TPSA) is 25.8 Å². The molecule has 102 valence electrons. The van der Waals surface area contributed by atoms with Gasteiger partial charge in [0.1, 0.15) is 0 Å². The van der Waals surface area contributed by atoms with Gasteiger partial charge in [0.2, 0.25) is 0 Å². The second-order valence-corrected chi connectivity index (χ2v) is 5.00. The van der Waals surface area contributed by atoms with Crippen molar-refractivity contribution in [2.75, 3.05) is 0 Å². The van der Waals surface area contributed by atoms with Crippen LogP contribution in [-0.2, 0) is 0 Å². The molecule has 2 rings (SSSR count). The molecule has 2 aromatic rings. The highest BCUT2D eigenvalue weighted by atomic mass is 35.5. The lowest BCUT2D eigenvalue weighted by molar-refractivity contribution is 0.737. The quantitative estimate of drug-likeness (QED) is 0.599. The third-order valence-electron chi connectivity index (χ3n) is 2.89. The van der Waals surface area contributed by atoms with Crippen LogP contribution in [0.4, 0.5) is 0 Å². The monoisotopic (exact) mass is 284 g/mol. The van der Waals surface area contributed by atoms with Crippen molar-refractivity contribution in [3.05, 3.63) is 47.2 Å². The fourth-order valence-electron chi connectivity index (χ4n) is 1.77. The smallest absolute Gasteiger partial charge is 0.159 e. The van der Waals surface area contributed by atoms with Crippen LogP contribution in [-0.4, -0.2) is 9.97 Å². The Balaban J connectivity index is 2.01. The van der Waals surface area contributed by atoms with Gasteiger partial charge in [-0.2, -0.15) is 0 Å². The molecule has 0 saturated carbocycles. The first-order valence-electron chi connectivity index (χ1n) is 6.86. The van der Waals surface area contributed by atoms with E-state index in [-0.39, 0.29) is 0 Å². The number of hydrogen-bond acceptors (Lipinski definition) is 2. The second kappa shape index (κ2) is 7.67. The molecule has 1 heterocycles. The maximum absolute atomic E-state index is 5.86. The molecule has 3 heteroatoms. The van der Waals surface area contributed by atoms with E-state index in [1.54, 1.807) is 12.4 Å². The van der Waals surface area contributed by atoms with Gasteiger partial charge >= 0.3 is 0 Å². The molecule has 2 nitrogen and oxygen atoms in total. The van der Waals surface area contributed by atoms with Crippen molar-refractivity contribution in [2.45, 2.75) is 32.6 Å². The van der Waals surface area contributed by atoms with Crippen molar-refractivity contribution in [2.24, 2.45) is 0 Å². The lowest BCUT2D eigenvalue weighted by atomic mass is 10.2. The number of aromatic nitrogens is 2. The van der Waals surface area contributed by atoms with Gasteiger partial charge in [-0.3, -0.25) is 0 Å². The molecule has 20 heavy (non-hydrogen) atoms. The van der Waals surface area contributed by atoms with Crippen LogP contribution in [0.15, 0.2) is 36.7 Å². The molecule has 0 fully saturated rings. The van der Waals surface area contributed by atoms with Gasteiger partial charge in [-0.25, -0.2) is 9.97 Å². The lowest BCUT2D eigenvalue weighted by Gasteiger charge is -1.99. The zero-order valence-electron chi connectivity index (χ0n) is 11.6. The van der Waals surface area contributed by atoms with Gasteiger partial charge in [0.05, 0.1) is 5.56 Å². The Morgan fingerprint density at radius 2 is 1.75 bits per heavy atom. The van der Waals surface area contributed by atoms with Crippen molar-refractivity contribution in [1.29, 1.82) is 0 Å². The molecule has 0 N–H and O–H groups in total. The minimum atomic E-state index is 0.693. The van der Waals surface area contributed by atoms with Crippen LogP contribution in [0.25, 0.3) is 11.4 Å². The molecule has 0 aliphatic heterocycles. The van der Waals surface area contributed by atoms with E-state index in [0.29, 0.717) is 10.8 Å². The average Bonchev–Trinajstić information content (AvgIpc) is 2.49. The number of rotatable bonds is 4. The van der Waals surface area contributed by atoms with Gasteiger partial charge in [-0.1, -0.05) is 43.2 Å². The zero-order chi connectivity index (χ0) is 14.2. The first-order chi connectivity index (χ1) is 9.79. The Morgan fingerprint density at radius 1 is 1.05 bits per heavy atom. The highest BCUT2D eigenvalue weighted by Crippen LogP contribution is 2.17. The van der Waals surface area contributed by atoms with Crippen LogP contribution in [0.5, 0.6) is 0 Å². The fraction of sp³-hybridized carbons (Fsp3) is 0.294. The van der Waals surface area contributed by atoms with Crippen LogP contribution in [0, 0.1) is 11.8 Å². The van der Waals surface area contributed by atoms with Gasteiger partial charge in [0.25, 0.3) is 0 Å². The second-order valence-electron chi connectivity index (χ2n) is 4.56. The Bertz CT molecular complexity index is 592. The van der Waals surface area contributed by atoms with E-state index < -0.39 is 0 Å². The first kappa shape index (κ1) is 14.6. The molecule has 0 aliphatic rings. The Morgan fingerprint density at radius 3 is 2.40 bits per heavy atom. The largest absolute Gasteiger partial charge is 0.235 e. The molecule has 1 aromatic carbocycles. The molecule has 0 aliphatic carbocycles. The van der Waals surface area contributed by atoms with Crippen molar-refractivity contribution in [1.82, 2.24) is 9.97 Å². The van der Waals surface area contributed by atoms with E-state index in [1.807, 2.05) is 24.3 Å². The highest BCUT2D eigenvalue weighted by Gasteiger charge is 2.00. The molecule has 0 atom stereocenters. The Hall–Kier alpha value is -1.85. The van der Waals surface area contributed by atoms with E-state index in [0.717, 1.165) is 24.0 Å². The van der Waals surface area contributed by atoms with Gasteiger partial charge in [0.15, 0.2) is 5.82 Å². The lowest BCUT2D eigenvalue weighted by Crippen LogP contribution is -1.89. The van der Waals surface area contributed by atoms with E-state index in [4.69, 9.17) is 11.6 Å². The number of halogens is 1. The fourth-order valence-corrected chi connectivity index (χ4v) is 1.89. The van der Waals surface area contributed by atoms with Crippen molar-refractivity contribution >= 4 is 11.6 Å². The molecule has 0 unspecified atom stereocenters. The molecular formula is C17H17ClN2. The predicted octanol–water partition coefficient (Wildman–Crippen LogP) is 4.73. The number of unbranched alkanes of at least 4 members (excludes halogenated alkanes) is 3. The van der Waals surface area contributed by atoms with Gasteiger partial charge in [-0.15, -0.1) is 0 Å². The summed E-state index contributed by atoms with van der Waals surface area (Å²) < 4.78 is 0. The normalized spacial score (nSPS) is 9.90. The maximum atomic E-state index is 5.86. The molecule has 1 aromatic heterocycles. The molecule has 0 spiro atoms. The summed E-state index contributed by atoms with van der Waals surface area (Å²) in [6.45, 7) is 2.19. The highest BCUT2D eigenvalue weighted by molar-refractivity contribution is 6.30. The summed E-state index contributed by atoms with van der Waals surface area (Å²) in [6, 6.07) is 7.49. The summed E-state index contributed by atoms with van der Waals surface area (Å²) in [5.41, 5.74) is 1.82. The number of nitrogens with zero attached hydrogens (tertiary/aromatic N) is 2. The molecule has 0 saturated heterocycles. The van der Waals surface area contributed by atoms with Gasteiger partial charge < -0.3 is 0 Å². The minimum absolute atomic E-state index is 0.693. The minimum Gasteiger partial charge on any atom is -0.235 e. The van der Waals surface area contributed by atoms with Crippen LogP contribution >= 0.6 is 11.6 Å². The molecule has 0 amide bonds. The predicted molar refractivity (Wildman–Crippen MR) is 83.5 cm³/mol. The van der Waals surface area contributed by atoms with Crippen molar-refractivity contribution < 1.29 is 0 Å². The summed E-state index contributed by atoms with van der Waals surface area (Å²) in [5.74, 6) is 6.94. The van der Waals surface area contributed by atoms with Crippen LogP contribution in [0.1, 0.15) is 38.2 Å². The summed E-state index contributed by atoms with van der Waals surface area (Å²) in [7, 11) is 0. The van der Waals surface area contributed by atoms with E-state index >= 15 is 0 Å². The van der Waals surface area contributed by atoms with Crippen LogP contribution < -0.4 is 0 Å². The summed E-state index contributed by atoms with van der Waals surface area (Å²) in [5, 5.41) is 0.711. The van der Waals surface area contributed by atoms with E-state index in [9.17, 15) is 0 Å². The standard InChI is InChI=1S/C17H17ClN2/c1-2-3-4-5-6-7-14-12-19-17(20-13-14)15-8-10-16(18)11-9-15/h8-13H,2-5H2,1H3. The summed E-state index contributed by atoms with van der Waals surface area (Å²) in [4.78, 5) is 8.67. The van der Waals surface area contributed by atoms with Crippen molar-refractivity contribution in [3.63, 3.8) is 0 Å². The Labute approximate surface area is 125 Å². The molecule has 0 bridgehead atoms. The number of hydrogen-bond donors (Lipinski definition) is 0. The maximum Gasteiger partial charge on any atom is 0.159 e. The third-order valence-corrected chi connectivity index (χ3v) is 3.14. The average molecular weight is 285 g/mol. The first-order valence-corrected chi connectivity index (χ1v) is 7.24. The van der Waals surface area contributed by atoms with E-state index in [1.165, 1.54) is 12.8 Å². The van der Waals surface area contributed by atoms with Crippen LogP contribution in [0.3, 0.4) is 0 Å². The van der Waals surface area contributed by atoms with E-state index in [2.05, 4.69) is 28.7 Å². The molecular weight excluding hydrogens is 268 g/mol.